The van der Waals surface area contributed by atoms with Crippen molar-refractivity contribution in [1.29, 1.82) is 0 Å². The zero-order valence-electron chi connectivity index (χ0n) is 18.0. The van der Waals surface area contributed by atoms with Crippen LogP contribution in [0.25, 0.3) is 15.9 Å². The number of nitrogens with zero attached hydrogens (tertiary/aromatic N) is 3. The number of hydrogen-bond acceptors (Lipinski definition) is 5. The molecule has 2 aromatic carbocycles. The highest BCUT2D eigenvalue weighted by Gasteiger charge is 2.27. The SMILES string of the molecule is O=c1c2c3c(sc2nc(NCC2CC2)n1-c1ccccc1)CN(Cc1ccccc1)CC3. The first kappa shape index (κ1) is 19.7. The third-order valence-corrected chi connectivity index (χ3v) is 7.57. The van der Waals surface area contributed by atoms with Crippen LogP contribution in [0.5, 0.6) is 0 Å². The minimum Gasteiger partial charge on any atom is -0.355 e. The van der Waals surface area contributed by atoms with Crippen molar-refractivity contribution in [2.45, 2.75) is 32.4 Å². The van der Waals surface area contributed by atoms with E-state index in [9.17, 15) is 4.79 Å². The van der Waals surface area contributed by atoms with E-state index >= 15 is 0 Å². The molecule has 0 spiro atoms. The Hall–Kier alpha value is -2.96. The van der Waals surface area contributed by atoms with Crippen LogP contribution in [-0.4, -0.2) is 27.5 Å². The maximum absolute atomic E-state index is 13.8. The maximum Gasteiger partial charge on any atom is 0.268 e. The Bertz CT molecular complexity index is 1310. The Labute approximate surface area is 191 Å². The van der Waals surface area contributed by atoms with Gasteiger partial charge in [0.2, 0.25) is 5.95 Å². The topological polar surface area (TPSA) is 50.2 Å². The Morgan fingerprint density at radius 1 is 1.03 bits per heavy atom. The predicted molar refractivity (Wildman–Crippen MR) is 131 cm³/mol. The fourth-order valence-electron chi connectivity index (χ4n) is 4.56. The lowest BCUT2D eigenvalue weighted by Crippen LogP contribution is -2.30. The predicted octanol–water partition coefficient (Wildman–Crippen LogP) is 4.83. The fourth-order valence-corrected chi connectivity index (χ4v) is 5.82. The molecule has 0 atom stereocenters. The van der Waals surface area contributed by atoms with Gasteiger partial charge in [-0.25, -0.2) is 9.55 Å². The molecule has 4 aromatic rings. The van der Waals surface area contributed by atoms with Crippen molar-refractivity contribution >= 4 is 27.5 Å². The number of fused-ring (bicyclic) bond motifs is 3. The first-order valence-electron chi connectivity index (χ1n) is 11.4. The van der Waals surface area contributed by atoms with Crippen molar-refractivity contribution in [2.75, 3.05) is 18.4 Å². The first-order chi connectivity index (χ1) is 15.8. The van der Waals surface area contributed by atoms with Crippen molar-refractivity contribution in [3.8, 4) is 5.69 Å². The lowest BCUT2D eigenvalue weighted by Gasteiger charge is -2.26. The van der Waals surface area contributed by atoms with E-state index < -0.39 is 0 Å². The summed E-state index contributed by atoms with van der Waals surface area (Å²) in [6, 6.07) is 20.5. The van der Waals surface area contributed by atoms with E-state index in [0.717, 1.165) is 48.5 Å². The molecular formula is C26H26N4OS. The van der Waals surface area contributed by atoms with E-state index in [0.29, 0.717) is 11.9 Å². The maximum atomic E-state index is 13.8. The molecule has 6 rings (SSSR count). The molecule has 1 aliphatic heterocycles. The van der Waals surface area contributed by atoms with Gasteiger partial charge in [0.25, 0.3) is 5.56 Å². The molecule has 0 unspecified atom stereocenters. The molecule has 1 fully saturated rings. The lowest BCUT2D eigenvalue weighted by atomic mass is 10.0. The molecule has 6 heteroatoms. The molecule has 2 aliphatic rings. The van der Waals surface area contributed by atoms with E-state index in [1.54, 1.807) is 15.9 Å². The van der Waals surface area contributed by atoms with Gasteiger partial charge >= 0.3 is 0 Å². The number of thiophene rings is 1. The number of rotatable bonds is 6. The van der Waals surface area contributed by atoms with Crippen molar-refractivity contribution in [1.82, 2.24) is 14.5 Å². The molecule has 5 nitrogen and oxygen atoms in total. The van der Waals surface area contributed by atoms with Gasteiger partial charge in [0, 0.05) is 31.1 Å². The first-order valence-corrected chi connectivity index (χ1v) is 12.2. The molecule has 3 heterocycles. The van der Waals surface area contributed by atoms with Gasteiger partial charge in [0.1, 0.15) is 4.83 Å². The number of benzene rings is 2. The smallest absolute Gasteiger partial charge is 0.268 e. The third kappa shape index (κ3) is 3.74. The summed E-state index contributed by atoms with van der Waals surface area (Å²) >= 11 is 1.69. The summed E-state index contributed by atoms with van der Waals surface area (Å²) in [6.45, 7) is 3.65. The standard InChI is InChI=1S/C26H26N4OS/c31-25-23-21-13-14-29(16-19-7-3-1-4-8-19)17-22(21)32-24(23)28-26(27-15-18-11-12-18)30(25)20-9-5-2-6-10-20/h1-10,18H,11-17H2,(H,27,28). The number of aromatic nitrogens is 2. The molecule has 0 amide bonds. The molecule has 0 saturated heterocycles. The number of para-hydroxylation sites is 1. The Balaban J connectivity index is 1.40. The van der Waals surface area contributed by atoms with E-state index in [-0.39, 0.29) is 5.56 Å². The van der Waals surface area contributed by atoms with E-state index in [4.69, 9.17) is 4.98 Å². The molecule has 0 radical (unpaired) electrons. The summed E-state index contributed by atoms with van der Waals surface area (Å²) in [7, 11) is 0. The van der Waals surface area contributed by atoms with E-state index in [1.807, 2.05) is 30.3 Å². The highest BCUT2D eigenvalue weighted by molar-refractivity contribution is 7.18. The zero-order chi connectivity index (χ0) is 21.5. The highest BCUT2D eigenvalue weighted by atomic mass is 32.1. The molecule has 32 heavy (non-hydrogen) atoms. The van der Waals surface area contributed by atoms with Crippen molar-refractivity contribution in [2.24, 2.45) is 5.92 Å². The summed E-state index contributed by atoms with van der Waals surface area (Å²) < 4.78 is 1.77. The Kier molecular flexibility index (Phi) is 5.04. The molecule has 2 aromatic heterocycles. The van der Waals surface area contributed by atoms with Gasteiger partial charge in [-0.15, -0.1) is 11.3 Å². The van der Waals surface area contributed by atoms with Crippen LogP contribution in [0, 0.1) is 5.92 Å². The fraction of sp³-hybridized carbons (Fsp3) is 0.308. The van der Waals surface area contributed by atoms with Crippen molar-refractivity contribution in [3.05, 3.63) is 87.0 Å². The van der Waals surface area contributed by atoms with Gasteiger partial charge in [0.05, 0.1) is 11.1 Å². The van der Waals surface area contributed by atoms with Crippen LogP contribution in [0.2, 0.25) is 0 Å². The minimum atomic E-state index is 0.0495. The largest absolute Gasteiger partial charge is 0.355 e. The number of nitrogens with one attached hydrogen (secondary N) is 1. The van der Waals surface area contributed by atoms with Crippen LogP contribution in [0.1, 0.15) is 28.8 Å². The summed E-state index contributed by atoms with van der Waals surface area (Å²) in [5.74, 6) is 1.37. The highest BCUT2D eigenvalue weighted by Crippen LogP contribution is 2.34. The minimum absolute atomic E-state index is 0.0495. The van der Waals surface area contributed by atoms with Gasteiger partial charge in [-0.05, 0) is 48.4 Å². The molecule has 0 bridgehead atoms. The van der Waals surface area contributed by atoms with Crippen LogP contribution < -0.4 is 10.9 Å². The second-order valence-corrected chi connectivity index (χ2v) is 9.95. The van der Waals surface area contributed by atoms with Gasteiger partial charge in [-0.2, -0.15) is 0 Å². The summed E-state index contributed by atoms with van der Waals surface area (Å²) in [5.41, 5.74) is 3.44. The quantitative estimate of drug-likeness (QED) is 0.465. The van der Waals surface area contributed by atoms with Crippen LogP contribution in [0.15, 0.2) is 65.5 Å². The Morgan fingerprint density at radius 3 is 2.53 bits per heavy atom. The van der Waals surface area contributed by atoms with Crippen LogP contribution in [0.4, 0.5) is 5.95 Å². The molecule has 1 aliphatic carbocycles. The van der Waals surface area contributed by atoms with E-state index in [1.165, 1.54) is 28.8 Å². The summed E-state index contributed by atoms with van der Waals surface area (Å²) in [4.78, 5) is 23.4. The van der Waals surface area contributed by atoms with Gasteiger partial charge in [0.15, 0.2) is 0 Å². The monoisotopic (exact) mass is 442 g/mol. The number of hydrogen-bond donors (Lipinski definition) is 1. The van der Waals surface area contributed by atoms with Crippen molar-refractivity contribution in [3.63, 3.8) is 0 Å². The summed E-state index contributed by atoms with van der Waals surface area (Å²) in [6.07, 6.45) is 3.41. The third-order valence-electron chi connectivity index (χ3n) is 6.46. The van der Waals surface area contributed by atoms with Crippen LogP contribution >= 0.6 is 11.3 Å². The van der Waals surface area contributed by atoms with Gasteiger partial charge < -0.3 is 5.32 Å². The average molecular weight is 443 g/mol. The molecular weight excluding hydrogens is 416 g/mol. The van der Waals surface area contributed by atoms with Gasteiger partial charge in [-0.1, -0.05) is 48.5 Å². The number of anilines is 1. The zero-order valence-corrected chi connectivity index (χ0v) is 18.8. The Morgan fingerprint density at radius 2 is 1.78 bits per heavy atom. The second-order valence-electron chi connectivity index (χ2n) is 8.87. The van der Waals surface area contributed by atoms with Crippen LogP contribution in [0.3, 0.4) is 0 Å². The summed E-state index contributed by atoms with van der Waals surface area (Å²) in [5, 5.41) is 4.29. The van der Waals surface area contributed by atoms with Crippen LogP contribution in [-0.2, 0) is 19.5 Å². The van der Waals surface area contributed by atoms with E-state index in [2.05, 4.69) is 40.5 Å². The second kappa shape index (κ2) is 8.19. The molecule has 162 valence electrons. The van der Waals surface area contributed by atoms with Gasteiger partial charge in [-0.3, -0.25) is 9.69 Å². The molecule has 1 N–H and O–H groups in total. The molecule has 1 saturated carbocycles. The average Bonchev–Trinajstić information content (AvgIpc) is 3.58. The van der Waals surface area contributed by atoms with Crippen molar-refractivity contribution < 1.29 is 0 Å². The normalized spacial score (nSPS) is 16.2. The lowest BCUT2D eigenvalue weighted by molar-refractivity contribution is 0.249.